The van der Waals surface area contributed by atoms with E-state index < -0.39 is 0 Å². The molecule has 0 spiro atoms. The Kier molecular flexibility index (Phi) is 4.35. The second-order valence-electron chi connectivity index (χ2n) is 3.43. The Hall–Kier alpha value is -1.31. The minimum absolute atomic E-state index is 0.0568. The highest BCUT2D eigenvalue weighted by molar-refractivity contribution is 5.62. The predicted molar refractivity (Wildman–Crippen MR) is 66.0 cm³/mol. The van der Waals surface area contributed by atoms with Gasteiger partial charge < -0.3 is 0 Å². The molecule has 2 rings (SSSR count). The van der Waals surface area contributed by atoms with Gasteiger partial charge in [-0.25, -0.2) is 0 Å². The van der Waals surface area contributed by atoms with Crippen molar-refractivity contribution in [3.05, 3.63) is 35.9 Å². The van der Waals surface area contributed by atoms with Crippen LogP contribution in [-0.2, 0) is 5.54 Å². The normalized spacial score (nSPS) is 22.9. The molecule has 0 saturated heterocycles. The summed E-state index contributed by atoms with van der Waals surface area (Å²) in [5.74, 6) is 0. The van der Waals surface area contributed by atoms with Crippen LogP contribution in [0.2, 0.25) is 0 Å². The van der Waals surface area contributed by atoms with Gasteiger partial charge in [-0.3, -0.25) is 5.43 Å². The molecule has 82 valence electrons. The summed E-state index contributed by atoms with van der Waals surface area (Å²) in [6.45, 7) is 6.19. The van der Waals surface area contributed by atoms with Crippen LogP contribution in [0.15, 0.2) is 35.4 Å². The highest BCUT2D eigenvalue weighted by atomic mass is 15.3. The topological polar surface area (TPSA) is 24.4 Å². The van der Waals surface area contributed by atoms with Gasteiger partial charge in [-0.2, -0.15) is 5.10 Å². The third-order valence-electron chi connectivity index (χ3n) is 2.74. The number of benzene rings is 1. The number of nitrogens with zero attached hydrogens (tertiary/aromatic N) is 1. The molecule has 1 aromatic rings. The van der Waals surface area contributed by atoms with Gasteiger partial charge in [-0.15, -0.1) is 0 Å². The molecule has 1 heterocycles. The summed E-state index contributed by atoms with van der Waals surface area (Å²) in [5.41, 5.74) is 4.59. The fraction of sp³-hybridized carbons (Fsp3) is 0.462. The third-order valence-corrected chi connectivity index (χ3v) is 2.74. The summed E-state index contributed by atoms with van der Waals surface area (Å²) < 4.78 is 0. The first-order valence-corrected chi connectivity index (χ1v) is 5.71. The van der Waals surface area contributed by atoms with Gasteiger partial charge in [0.25, 0.3) is 0 Å². The van der Waals surface area contributed by atoms with Gasteiger partial charge in [0, 0.05) is 12.6 Å². The van der Waals surface area contributed by atoms with Crippen LogP contribution in [0.1, 0.15) is 39.2 Å². The Morgan fingerprint density at radius 3 is 2.40 bits per heavy atom. The minimum atomic E-state index is 0.0568. The van der Waals surface area contributed by atoms with Gasteiger partial charge in [0.1, 0.15) is 0 Å². The minimum Gasteiger partial charge on any atom is -0.299 e. The molecule has 1 unspecified atom stereocenters. The number of hydrazone groups is 1. The van der Waals surface area contributed by atoms with Gasteiger partial charge in [0.05, 0.1) is 5.54 Å². The summed E-state index contributed by atoms with van der Waals surface area (Å²) in [6, 6.07) is 10.5. The quantitative estimate of drug-likeness (QED) is 0.785. The zero-order chi connectivity index (χ0) is 11.1. The summed E-state index contributed by atoms with van der Waals surface area (Å²) in [6.07, 6.45) is 4.01. The van der Waals surface area contributed by atoms with Crippen molar-refractivity contribution in [2.24, 2.45) is 5.10 Å². The molecule has 2 nitrogen and oxygen atoms in total. The number of nitrogens with one attached hydrogen (secondary N) is 1. The van der Waals surface area contributed by atoms with Gasteiger partial charge in [-0.05, 0) is 12.0 Å². The van der Waals surface area contributed by atoms with E-state index in [1.165, 1.54) is 5.56 Å². The largest absolute Gasteiger partial charge is 0.299 e. The highest BCUT2D eigenvalue weighted by Gasteiger charge is 2.31. The lowest BCUT2D eigenvalue weighted by atomic mass is 9.86. The smallest absolute Gasteiger partial charge is 0.0844 e. The molecule has 0 aliphatic carbocycles. The van der Waals surface area contributed by atoms with Crippen molar-refractivity contribution in [2.45, 2.75) is 39.2 Å². The molecule has 0 radical (unpaired) electrons. The predicted octanol–water partition coefficient (Wildman–Crippen LogP) is 3.30. The molecule has 15 heavy (non-hydrogen) atoms. The SMILES string of the molecule is CC.CCC1(c2ccccc2)CC=NN1. The molecule has 0 bridgehead atoms. The third kappa shape index (κ3) is 2.38. The zero-order valence-electron chi connectivity index (χ0n) is 9.83. The lowest BCUT2D eigenvalue weighted by Crippen LogP contribution is -2.34. The Morgan fingerprint density at radius 1 is 1.27 bits per heavy atom. The van der Waals surface area contributed by atoms with E-state index in [2.05, 4.69) is 41.7 Å². The Bertz CT molecular complexity index is 296. The van der Waals surface area contributed by atoms with E-state index in [1.54, 1.807) is 0 Å². The standard InChI is InChI=1S/C11H14N2.C2H6/c1-2-11(8-9-12-13-11)10-6-4-3-5-7-10;1-2/h3-7,9,13H,2,8H2,1H3;1-2H3. The second-order valence-corrected chi connectivity index (χ2v) is 3.43. The van der Waals surface area contributed by atoms with Crippen molar-refractivity contribution < 1.29 is 0 Å². The Labute approximate surface area is 92.4 Å². The van der Waals surface area contributed by atoms with Crippen LogP contribution in [0.25, 0.3) is 0 Å². The van der Waals surface area contributed by atoms with E-state index >= 15 is 0 Å². The van der Waals surface area contributed by atoms with Gasteiger partial charge >= 0.3 is 0 Å². The van der Waals surface area contributed by atoms with Crippen LogP contribution >= 0.6 is 0 Å². The van der Waals surface area contributed by atoms with Gasteiger partial charge in [0.2, 0.25) is 0 Å². The molecule has 0 fully saturated rings. The van der Waals surface area contributed by atoms with Crippen LogP contribution in [-0.4, -0.2) is 6.21 Å². The number of hydrogen-bond acceptors (Lipinski definition) is 2. The van der Waals surface area contributed by atoms with E-state index in [9.17, 15) is 0 Å². The summed E-state index contributed by atoms with van der Waals surface area (Å²) in [5, 5.41) is 4.11. The molecule has 0 amide bonds. The first kappa shape index (κ1) is 11.8. The van der Waals surface area contributed by atoms with Crippen molar-refractivity contribution >= 4 is 6.21 Å². The Morgan fingerprint density at radius 2 is 1.93 bits per heavy atom. The van der Waals surface area contributed by atoms with Crippen LogP contribution < -0.4 is 5.43 Å². The fourth-order valence-corrected chi connectivity index (χ4v) is 1.78. The molecular formula is C13H20N2. The van der Waals surface area contributed by atoms with E-state index in [0.29, 0.717) is 0 Å². The first-order chi connectivity index (χ1) is 7.37. The molecule has 1 aromatic carbocycles. The van der Waals surface area contributed by atoms with Gasteiger partial charge in [-0.1, -0.05) is 51.1 Å². The second kappa shape index (κ2) is 5.54. The van der Waals surface area contributed by atoms with Crippen molar-refractivity contribution in [3.8, 4) is 0 Å². The molecule has 1 atom stereocenters. The van der Waals surface area contributed by atoms with E-state index in [1.807, 2.05) is 26.1 Å². The van der Waals surface area contributed by atoms with Crippen LogP contribution in [0, 0.1) is 0 Å². The summed E-state index contributed by atoms with van der Waals surface area (Å²) in [4.78, 5) is 0. The molecule has 0 saturated carbocycles. The lowest BCUT2D eigenvalue weighted by molar-refractivity contribution is 0.367. The zero-order valence-corrected chi connectivity index (χ0v) is 9.83. The van der Waals surface area contributed by atoms with Crippen molar-refractivity contribution in [1.29, 1.82) is 0 Å². The molecule has 2 heteroatoms. The lowest BCUT2D eigenvalue weighted by Gasteiger charge is -2.27. The van der Waals surface area contributed by atoms with Crippen LogP contribution in [0.3, 0.4) is 0 Å². The molecule has 1 N–H and O–H groups in total. The first-order valence-electron chi connectivity index (χ1n) is 5.71. The average molecular weight is 204 g/mol. The van der Waals surface area contributed by atoms with Crippen LogP contribution in [0.4, 0.5) is 0 Å². The van der Waals surface area contributed by atoms with Crippen LogP contribution in [0.5, 0.6) is 0 Å². The average Bonchev–Trinajstić information content (AvgIpc) is 2.83. The van der Waals surface area contributed by atoms with Crippen molar-refractivity contribution in [1.82, 2.24) is 5.43 Å². The summed E-state index contributed by atoms with van der Waals surface area (Å²) >= 11 is 0. The highest BCUT2D eigenvalue weighted by Crippen LogP contribution is 2.30. The maximum atomic E-state index is 4.11. The monoisotopic (exact) mass is 204 g/mol. The van der Waals surface area contributed by atoms with Gasteiger partial charge in [0.15, 0.2) is 0 Å². The molecule has 1 aliphatic rings. The molecular weight excluding hydrogens is 184 g/mol. The molecule has 0 aromatic heterocycles. The Balaban J connectivity index is 0.000000531. The van der Waals surface area contributed by atoms with Crippen molar-refractivity contribution in [3.63, 3.8) is 0 Å². The van der Waals surface area contributed by atoms with E-state index in [0.717, 1.165) is 12.8 Å². The number of hydrogen-bond donors (Lipinski definition) is 1. The molecule has 1 aliphatic heterocycles. The number of rotatable bonds is 2. The maximum absolute atomic E-state index is 4.11. The van der Waals surface area contributed by atoms with E-state index in [-0.39, 0.29) is 5.54 Å². The summed E-state index contributed by atoms with van der Waals surface area (Å²) in [7, 11) is 0. The van der Waals surface area contributed by atoms with Crippen molar-refractivity contribution in [2.75, 3.05) is 0 Å². The maximum Gasteiger partial charge on any atom is 0.0844 e. The fourth-order valence-electron chi connectivity index (χ4n) is 1.78. The van der Waals surface area contributed by atoms with E-state index in [4.69, 9.17) is 0 Å².